The van der Waals surface area contributed by atoms with E-state index in [2.05, 4.69) is 17.6 Å². The largest absolute Gasteiger partial charge is 0.379 e. The summed E-state index contributed by atoms with van der Waals surface area (Å²) in [6.45, 7) is 13.6. The quantitative estimate of drug-likeness (QED) is 0.0504. The molecule has 1 aromatic rings. The third-order valence-electron chi connectivity index (χ3n) is 12.0. The number of unbranched alkanes of at least 4 members (excludes halogenated alkanes) is 14. The van der Waals surface area contributed by atoms with E-state index in [0.717, 1.165) is 30.8 Å². The molecule has 5 amide bonds. The Bertz CT molecular complexity index is 1600. The summed E-state index contributed by atoms with van der Waals surface area (Å²) in [5.74, 6) is -2.71. The molecule has 19 heteroatoms. The highest BCUT2D eigenvalue weighted by atomic mass is 16.6. The number of amides is 5. The molecule has 0 spiro atoms. The molecule has 1 aromatic carbocycles. The van der Waals surface area contributed by atoms with Gasteiger partial charge in [0.1, 0.15) is 6.04 Å². The molecule has 0 saturated carbocycles. The highest BCUT2D eigenvalue weighted by Gasteiger charge is 2.45. The fourth-order valence-corrected chi connectivity index (χ4v) is 8.02. The molecule has 1 unspecified atom stereocenters. The zero-order chi connectivity index (χ0) is 52.1. The molecule has 2 aliphatic rings. The molecule has 1 atom stereocenters. The van der Waals surface area contributed by atoms with Gasteiger partial charge in [-0.05, 0) is 37.8 Å². The smallest absolute Gasteiger partial charge is 0.264 e. The van der Waals surface area contributed by atoms with E-state index in [-0.39, 0.29) is 42.0 Å². The van der Waals surface area contributed by atoms with Gasteiger partial charge in [0.05, 0.1) is 149 Å². The van der Waals surface area contributed by atoms with Crippen LogP contribution in [-0.4, -0.2) is 186 Å². The van der Waals surface area contributed by atoms with Crippen LogP contribution < -0.4 is 10.6 Å². The van der Waals surface area contributed by atoms with Crippen molar-refractivity contribution in [1.82, 2.24) is 10.2 Å². The van der Waals surface area contributed by atoms with Crippen LogP contribution in [-0.2, 0) is 66.5 Å². The number of carbonyl (C=O) groups excluding carboxylic acids is 5. The minimum Gasteiger partial charge on any atom is -0.379 e. The second kappa shape index (κ2) is 44.8. The van der Waals surface area contributed by atoms with Crippen molar-refractivity contribution in [2.45, 2.75) is 135 Å². The van der Waals surface area contributed by atoms with Crippen molar-refractivity contribution in [2.24, 2.45) is 0 Å². The van der Waals surface area contributed by atoms with Gasteiger partial charge in [0, 0.05) is 26.1 Å². The molecular weight excluding hydrogens is 947 g/mol. The summed E-state index contributed by atoms with van der Waals surface area (Å²) in [6.07, 6.45) is 20.1. The van der Waals surface area contributed by atoms with Gasteiger partial charge in [0.2, 0.25) is 17.7 Å². The number of piperidine rings is 1. The molecule has 1 fully saturated rings. The van der Waals surface area contributed by atoms with Gasteiger partial charge in [-0.2, -0.15) is 0 Å². The number of hydrogen-bond acceptors (Lipinski definition) is 16. The lowest BCUT2D eigenvalue weighted by atomic mass is 10.0. The molecule has 418 valence electrons. The number of fused-ring (bicyclic) bond motifs is 1. The van der Waals surface area contributed by atoms with Crippen molar-refractivity contribution in [1.29, 1.82) is 0 Å². The van der Waals surface area contributed by atoms with Gasteiger partial charge in [-0.1, -0.05) is 96.5 Å². The van der Waals surface area contributed by atoms with E-state index in [1.54, 1.807) is 12.1 Å². The van der Waals surface area contributed by atoms with E-state index >= 15 is 0 Å². The van der Waals surface area contributed by atoms with E-state index in [9.17, 15) is 24.0 Å². The van der Waals surface area contributed by atoms with Crippen LogP contribution in [0.1, 0.15) is 150 Å². The Hall–Kier alpha value is -3.47. The van der Waals surface area contributed by atoms with E-state index in [1.807, 2.05) is 0 Å². The summed E-state index contributed by atoms with van der Waals surface area (Å²) in [7, 11) is 0. The highest BCUT2D eigenvalue weighted by molar-refractivity contribution is 6.26. The Morgan fingerprint density at radius 1 is 0.479 bits per heavy atom. The summed E-state index contributed by atoms with van der Waals surface area (Å²) < 4.78 is 61.2. The number of imide groups is 2. The minimum atomic E-state index is -1.07. The monoisotopic (exact) mass is 1040 g/mol. The third kappa shape index (κ3) is 31.2. The second-order valence-electron chi connectivity index (χ2n) is 18.0. The van der Waals surface area contributed by atoms with Gasteiger partial charge in [0.25, 0.3) is 11.8 Å². The first kappa shape index (κ1) is 63.8. The molecule has 2 N–H and O–H groups in total. The van der Waals surface area contributed by atoms with Gasteiger partial charge in [0.15, 0.2) is 0 Å². The van der Waals surface area contributed by atoms with Crippen LogP contribution in [0.5, 0.6) is 0 Å². The maximum absolute atomic E-state index is 13.2. The van der Waals surface area contributed by atoms with Gasteiger partial charge >= 0.3 is 0 Å². The van der Waals surface area contributed by atoms with E-state index in [0.29, 0.717) is 145 Å². The van der Waals surface area contributed by atoms with Crippen LogP contribution in [0, 0.1) is 0 Å². The Morgan fingerprint density at radius 2 is 0.836 bits per heavy atom. The van der Waals surface area contributed by atoms with Crippen LogP contribution in [0.2, 0.25) is 0 Å². The molecule has 2 heterocycles. The molecular formula is C54H91N3O16. The molecule has 0 aromatic heterocycles. The van der Waals surface area contributed by atoms with Gasteiger partial charge in [-0.15, -0.1) is 0 Å². The number of rotatable bonds is 52. The normalized spacial score (nSPS) is 14.6. The van der Waals surface area contributed by atoms with E-state index in [1.165, 1.54) is 83.1 Å². The van der Waals surface area contributed by atoms with Crippen LogP contribution in [0.15, 0.2) is 18.2 Å². The van der Waals surface area contributed by atoms with Crippen molar-refractivity contribution in [2.75, 3.05) is 151 Å². The number of nitrogens with one attached hydrogen (secondary N) is 2. The van der Waals surface area contributed by atoms with E-state index in [4.69, 9.17) is 52.1 Å². The number of nitrogens with zero attached hydrogens (tertiary/aromatic N) is 1. The first-order valence-corrected chi connectivity index (χ1v) is 27.4. The molecule has 1 saturated heterocycles. The summed E-state index contributed by atoms with van der Waals surface area (Å²) in [5, 5.41) is 4.92. The molecule has 3 rings (SSSR count). The molecule has 0 bridgehead atoms. The Kier molecular flexibility index (Phi) is 39.2. The Labute approximate surface area is 435 Å². The van der Waals surface area contributed by atoms with Gasteiger partial charge < -0.3 is 57.4 Å². The lowest BCUT2D eigenvalue weighted by Crippen LogP contribution is -2.54. The van der Waals surface area contributed by atoms with Crippen LogP contribution in [0.25, 0.3) is 0 Å². The van der Waals surface area contributed by atoms with Gasteiger partial charge in [-0.3, -0.25) is 34.2 Å². The minimum absolute atomic E-state index is 0.0279. The molecule has 19 nitrogen and oxygen atoms in total. The first-order chi connectivity index (χ1) is 35.9. The standard InChI is InChI=1S/C54H91N3O16/c1-2-3-4-5-6-7-8-9-10-11-12-13-16-24-63-26-28-65-30-32-67-34-36-69-38-40-71-42-44-73-45-43-72-41-39-70-37-35-68-33-31-66-29-27-64-25-17-14-15-21-49(58)55-47-20-18-19-46-51(47)54(62)57(53(46)61)48-22-23-50(59)56-52(48)60/h18-20,48H,2-17,21-45H2,1H3,(H,55,58)(H,56,59,60). The SMILES string of the molecule is CCCCCCCCCCCCCCCOCCOCCOCCOCCOCCOCCOCCOCCOCCOCCOCCCCCC(=O)Nc1cccc2c1C(=O)N(C1CCC(=O)NC1=O)C2=O. The summed E-state index contributed by atoms with van der Waals surface area (Å²) >= 11 is 0. The van der Waals surface area contributed by atoms with Crippen molar-refractivity contribution < 1.29 is 76.1 Å². The second-order valence-corrected chi connectivity index (χ2v) is 18.0. The molecule has 73 heavy (non-hydrogen) atoms. The number of ether oxygens (including phenoxy) is 11. The first-order valence-electron chi connectivity index (χ1n) is 27.4. The lowest BCUT2D eigenvalue weighted by Gasteiger charge is -2.27. The molecule has 0 radical (unpaired) electrons. The zero-order valence-electron chi connectivity index (χ0n) is 44.3. The maximum Gasteiger partial charge on any atom is 0.264 e. The fraction of sp³-hybridized carbons (Fsp3) is 0.796. The average Bonchev–Trinajstić information content (AvgIpc) is 3.64. The summed E-state index contributed by atoms with van der Waals surface area (Å²) in [4.78, 5) is 63.7. The van der Waals surface area contributed by atoms with Crippen LogP contribution in [0.4, 0.5) is 5.69 Å². The molecule has 2 aliphatic heterocycles. The summed E-state index contributed by atoms with van der Waals surface area (Å²) in [5.41, 5.74) is 0.384. The summed E-state index contributed by atoms with van der Waals surface area (Å²) in [6, 6.07) is 3.54. The third-order valence-corrected chi connectivity index (χ3v) is 12.0. The van der Waals surface area contributed by atoms with Crippen LogP contribution in [0.3, 0.4) is 0 Å². The maximum atomic E-state index is 13.2. The highest BCUT2D eigenvalue weighted by Crippen LogP contribution is 2.32. The van der Waals surface area contributed by atoms with Crippen LogP contribution >= 0.6 is 0 Å². The van der Waals surface area contributed by atoms with Crippen molar-refractivity contribution in [3.63, 3.8) is 0 Å². The number of anilines is 1. The Balaban J connectivity index is 0.933. The average molecular weight is 1040 g/mol. The van der Waals surface area contributed by atoms with Gasteiger partial charge in [-0.25, -0.2) is 0 Å². The van der Waals surface area contributed by atoms with Crippen molar-refractivity contribution >= 4 is 35.2 Å². The predicted molar refractivity (Wildman–Crippen MR) is 275 cm³/mol. The number of benzene rings is 1. The van der Waals surface area contributed by atoms with Crippen molar-refractivity contribution in [3.05, 3.63) is 29.3 Å². The van der Waals surface area contributed by atoms with Crippen molar-refractivity contribution in [3.8, 4) is 0 Å². The Morgan fingerprint density at radius 3 is 1.22 bits per heavy atom. The zero-order valence-corrected chi connectivity index (χ0v) is 44.3. The number of carbonyl (C=O) groups is 5. The van der Waals surface area contributed by atoms with E-state index < -0.39 is 29.7 Å². The predicted octanol–water partition coefficient (Wildman–Crippen LogP) is 6.86. The molecule has 0 aliphatic carbocycles. The lowest BCUT2D eigenvalue weighted by molar-refractivity contribution is -0.136. The number of hydrogen-bond donors (Lipinski definition) is 2. The fourth-order valence-electron chi connectivity index (χ4n) is 8.02. The topological polar surface area (TPSA) is 214 Å².